The van der Waals surface area contributed by atoms with Crippen LogP contribution in [0.1, 0.15) is 41.6 Å². The molecule has 1 amide bonds. The van der Waals surface area contributed by atoms with Gasteiger partial charge in [0.1, 0.15) is 11.5 Å². The number of imidazole rings is 1. The largest absolute Gasteiger partial charge is 0.364 e. The van der Waals surface area contributed by atoms with E-state index in [1.807, 2.05) is 36.2 Å². The molecule has 26 heavy (non-hydrogen) atoms. The van der Waals surface area contributed by atoms with Crippen LogP contribution in [0.4, 0.5) is 5.82 Å². The van der Waals surface area contributed by atoms with E-state index in [2.05, 4.69) is 32.5 Å². The van der Waals surface area contributed by atoms with Crippen LogP contribution in [0.15, 0.2) is 24.4 Å². The number of hydrogen-bond donors (Lipinski definition) is 2. The minimum Gasteiger partial charge on any atom is -0.364 e. The first-order valence-corrected chi connectivity index (χ1v) is 9.05. The lowest BCUT2D eigenvalue weighted by atomic mass is 10.2. The van der Waals surface area contributed by atoms with Gasteiger partial charge in [-0.1, -0.05) is 13.3 Å². The van der Waals surface area contributed by atoms with E-state index in [-0.39, 0.29) is 11.9 Å². The molecule has 1 unspecified atom stereocenters. The second-order valence-corrected chi connectivity index (χ2v) is 6.81. The number of H-pyrrole nitrogens is 1. The summed E-state index contributed by atoms with van der Waals surface area (Å²) in [5.41, 5.74) is 3.28. The number of fused-ring (bicyclic) bond motifs is 1. The molecule has 4 rings (SSSR count). The van der Waals surface area contributed by atoms with Gasteiger partial charge in [-0.2, -0.15) is 5.10 Å². The number of nitrogens with one attached hydrogen (secondary N) is 2. The summed E-state index contributed by atoms with van der Waals surface area (Å²) < 4.78 is 1.77. The molecule has 0 aliphatic carbocycles. The third kappa shape index (κ3) is 3.26. The topological polar surface area (TPSA) is 91.2 Å². The van der Waals surface area contributed by atoms with Crippen LogP contribution in [-0.4, -0.2) is 54.7 Å². The van der Waals surface area contributed by atoms with Gasteiger partial charge in [0, 0.05) is 24.8 Å². The van der Waals surface area contributed by atoms with Gasteiger partial charge in [0.15, 0.2) is 5.65 Å². The average molecular weight is 353 g/mol. The van der Waals surface area contributed by atoms with Crippen molar-refractivity contribution in [3.05, 3.63) is 41.5 Å². The summed E-state index contributed by atoms with van der Waals surface area (Å²) in [6.07, 6.45) is 4.72. The van der Waals surface area contributed by atoms with E-state index in [1.54, 1.807) is 4.52 Å². The van der Waals surface area contributed by atoms with Gasteiger partial charge >= 0.3 is 0 Å². The third-order valence-corrected chi connectivity index (χ3v) is 4.64. The first kappa shape index (κ1) is 16.6. The van der Waals surface area contributed by atoms with Crippen molar-refractivity contribution in [3.63, 3.8) is 0 Å². The van der Waals surface area contributed by atoms with Crippen molar-refractivity contribution in [3.8, 4) is 0 Å². The molecule has 0 saturated carbocycles. The average Bonchev–Trinajstić information content (AvgIpc) is 3.33. The number of aromatic nitrogens is 5. The Morgan fingerprint density at radius 3 is 3.15 bits per heavy atom. The van der Waals surface area contributed by atoms with Crippen molar-refractivity contribution in [2.24, 2.45) is 0 Å². The number of carbonyl (C=O) groups excluding carboxylic acids is 1. The molecule has 2 N–H and O–H groups in total. The Morgan fingerprint density at radius 2 is 2.31 bits per heavy atom. The van der Waals surface area contributed by atoms with E-state index >= 15 is 0 Å². The Bertz CT molecular complexity index is 929. The van der Waals surface area contributed by atoms with Crippen LogP contribution in [0.3, 0.4) is 0 Å². The molecule has 0 spiro atoms. The molecule has 0 radical (unpaired) electrons. The number of anilines is 1. The smallest absolute Gasteiger partial charge is 0.274 e. The summed E-state index contributed by atoms with van der Waals surface area (Å²) in [4.78, 5) is 18.9. The van der Waals surface area contributed by atoms with Gasteiger partial charge < -0.3 is 10.2 Å². The number of likely N-dealkylation sites (tertiary alicyclic amines) is 1. The monoisotopic (exact) mass is 353 g/mol. The second-order valence-electron chi connectivity index (χ2n) is 6.81. The molecule has 1 aliphatic rings. The number of hydrogen-bond acceptors (Lipinski definition) is 5. The Balaban J connectivity index is 1.39. The van der Waals surface area contributed by atoms with E-state index < -0.39 is 0 Å². The highest BCUT2D eigenvalue weighted by Crippen LogP contribution is 2.17. The maximum Gasteiger partial charge on any atom is 0.274 e. The highest BCUT2D eigenvalue weighted by atomic mass is 16.2. The zero-order valence-electron chi connectivity index (χ0n) is 15.1. The van der Waals surface area contributed by atoms with E-state index in [0.29, 0.717) is 12.2 Å². The van der Waals surface area contributed by atoms with Crippen LogP contribution >= 0.6 is 0 Å². The number of rotatable bonds is 5. The van der Waals surface area contributed by atoms with Crippen LogP contribution in [0.2, 0.25) is 0 Å². The van der Waals surface area contributed by atoms with Gasteiger partial charge in [-0.05, 0) is 38.0 Å². The second kappa shape index (κ2) is 6.78. The minimum absolute atomic E-state index is 0.0125. The van der Waals surface area contributed by atoms with E-state index in [9.17, 15) is 4.79 Å². The molecule has 4 heterocycles. The van der Waals surface area contributed by atoms with Gasteiger partial charge in [-0.25, -0.2) is 9.50 Å². The highest BCUT2D eigenvalue weighted by Gasteiger charge is 2.28. The number of aryl methyl sites for hydroxylation is 2. The van der Waals surface area contributed by atoms with Crippen molar-refractivity contribution in [2.45, 2.75) is 39.2 Å². The Morgan fingerprint density at radius 1 is 1.42 bits per heavy atom. The van der Waals surface area contributed by atoms with E-state index in [1.165, 1.54) is 0 Å². The third-order valence-electron chi connectivity index (χ3n) is 4.64. The summed E-state index contributed by atoms with van der Waals surface area (Å²) in [5.74, 6) is 0.778. The standard InChI is InChI=1S/C18H23N7O/c1-3-4-13-9-15(22-21-13)18(26)24-8-7-14(11-24)20-16-5-6-17-19-12(2)10-25(17)23-16/h5-6,9-10,14H,3-4,7-8,11H2,1-2H3,(H,20,23)(H,21,22). The molecule has 1 aliphatic heterocycles. The predicted molar refractivity (Wildman–Crippen MR) is 98.2 cm³/mol. The maximum absolute atomic E-state index is 12.6. The fourth-order valence-corrected chi connectivity index (χ4v) is 3.38. The van der Waals surface area contributed by atoms with Gasteiger partial charge in [0.25, 0.3) is 5.91 Å². The number of aromatic amines is 1. The van der Waals surface area contributed by atoms with Crippen LogP contribution < -0.4 is 5.32 Å². The molecule has 3 aromatic heterocycles. The van der Waals surface area contributed by atoms with Gasteiger partial charge in [-0.15, -0.1) is 5.10 Å². The Labute approximate surface area is 151 Å². The van der Waals surface area contributed by atoms with Crippen LogP contribution in [0.25, 0.3) is 5.65 Å². The fraction of sp³-hybridized carbons (Fsp3) is 0.444. The van der Waals surface area contributed by atoms with E-state index in [4.69, 9.17) is 0 Å². The quantitative estimate of drug-likeness (QED) is 0.732. The van der Waals surface area contributed by atoms with Crippen LogP contribution in [-0.2, 0) is 6.42 Å². The van der Waals surface area contributed by atoms with Crippen molar-refractivity contribution < 1.29 is 4.79 Å². The fourth-order valence-electron chi connectivity index (χ4n) is 3.38. The minimum atomic E-state index is -0.0125. The lowest BCUT2D eigenvalue weighted by Gasteiger charge is -2.16. The lowest BCUT2D eigenvalue weighted by Crippen LogP contribution is -2.32. The molecule has 0 bridgehead atoms. The predicted octanol–water partition coefficient (Wildman–Crippen LogP) is 2.04. The molecule has 0 aromatic carbocycles. The molecule has 1 saturated heterocycles. The Kier molecular flexibility index (Phi) is 4.32. The number of amides is 1. The highest BCUT2D eigenvalue weighted by molar-refractivity contribution is 5.92. The number of nitrogens with zero attached hydrogens (tertiary/aromatic N) is 5. The zero-order chi connectivity index (χ0) is 18.1. The summed E-state index contributed by atoms with van der Waals surface area (Å²) in [6.45, 7) is 5.43. The van der Waals surface area contributed by atoms with Gasteiger partial charge in [0.05, 0.1) is 11.9 Å². The van der Waals surface area contributed by atoms with Crippen molar-refractivity contribution in [1.29, 1.82) is 0 Å². The first-order valence-electron chi connectivity index (χ1n) is 9.05. The number of carbonyl (C=O) groups is 1. The molecule has 136 valence electrons. The molecule has 8 heteroatoms. The summed E-state index contributed by atoms with van der Waals surface area (Å²) in [5, 5.41) is 15.1. The molecular formula is C18H23N7O. The van der Waals surface area contributed by atoms with Crippen LogP contribution in [0.5, 0.6) is 0 Å². The Hall–Kier alpha value is -2.90. The van der Waals surface area contributed by atoms with Gasteiger partial charge in [0.2, 0.25) is 0 Å². The first-order chi connectivity index (χ1) is 12.6. The summed E-state index contributed by atoms with van der Waals surface area (Å²) in [7, 11) is 0. The summed E-state index contributed by atoms with van der Waals surface area (Å²) >= 11 is 0. The summed E-state index contributed by atoms with van der Waals surface area (Å²) in [6, 6.07) is 5.92. The molecule has 1 fully saturated rings. The van der Waals surface area contributed by atoms with Crippen molar-refractivity contribution in [2.75, 3.05) is 18.4 Å². The SMILES string of the molecule is CCCc1cc(C(=O)N2CCC(Nc3ccc4nc(C)cn4n3)C2)n[nH]1. The van der Waals surface area contributed by atoms with Crippen molar-refractivity contribution >= 4 is 17.4 Å². The molecule has 3 aromatic rings. The molecule has 1 atom stereocenters. The zero-order valence-corrected chi connectivity index (χ0v) is 15.1. The lowest BCUT2D eigenvalue weighted by molar-refractivity contribution is 0.0785. The van der Waals surface area contributed by atoms with Crippen LogP contribution in [0, 0.1) is 6.92 Å². The van der Waals surface area contributed by atoms with Crippen molar-refractivity contribution in [1.82, 2.24) is 29.7 Å². The normalized spacial score (nSPS) is 17.2. The molecular weight excluding hydrogens is 330 g/mol. The molecule has 8 nitrogen and oxygen atoms in total. The maximum atomic E-state index is 12.6. The van der Waals surface area contributed by atoms with E-state index in [0.717, 1.165) is 48.7 Å². The van der Waals surface area contributed by atoms with Gasteiger partial charge in [-0.3, -0.25) is 9.89 Å².